The van der Waals surface area contributed by atoms with Crippen molar-refractivity contribution in [2.24, 2.45) is 5.10 Å². The lowest BCUT2D eigenvalue weighted by atomic mass is 10.2. The average molecular weight is 453 g/mol. The number of nitrogens with zero attached hydrogens (tertiary/aromatic N) is 1. The molecule has 0 fully saturated rings. The summed E-state index contributed by atoms with van der Waals surface area (Å²) in [5.74, 6) is 0.0603. The van der Waals surface area contributed by atoms with Gasteiger partial charge in [-0.05, 0) is 61.0 Å². The van der Waals surface area contributed by atoms with Crippen LogP contribution < -0.4 is 19.6 Å². The van der Waals surface area contributed by atoms with E-state index in [1.807, 2.05) is 6.07 Å². The first-order valence-electron chi connectivity index (χ1n) is 9.72. The van der Waals surface area contributed by atoms with Crippen LogP contribution >= 0.6 is 11.6 Å². The highest BCUT2D eigenvalue weighted by Gasteiger charge is 2.17. The highest BCUT2D eigenvalue weighted by Crippen LogP contribution is 2.37. The highest BCUT2D eigenvalue weighted by molar-refractivity contribution is 6.32. The molecule has 0 bridgehead atoms. The van der Waals surface area contributed by atoms with Crippen molar-refractivity contribution in [3.63, 3.8) is 0 Å². The van der Waals surface area contributed by atoms with E-state index in [2.05, 4.69) is 10.5 Å². The van der Waals surface area contributed by atoms with Gasteiger partial charge >= 0.3 is 5.97 Å². The molecule has 32 heavy (non-hydrogen) atoms. The topological polar surface area (TPSA) is 86.2 Å². The van der Waals surface area contributed by atoms with Crippen molar-refractivity contribution in [1.82, 2.24) is 5.43 Å². The number of rotatable bonds is 8. The van der Waals surface area contributed by atoms with Crippen LogP contribution in [0.4, 0.5) is 0 Å². The fourth-order valence-corrected chi connectivity index (χ4v) is 2.98. The monoisotopic (exact) mass is 452 g/mol. The van der Waals surface area contributed by atoms with Gasteiger partial charge in [-0.2, -0.15) is 5.10 Å². The van der Waals surface area contributed by atoms with E-state index in [-0.39, 0.29) is 22.4 Å². The quantitative estimate of drug-likeness (QED) is 0.231. The summed E-state index contributed by atoms with van der Waals surface area (Å²) in [5.41, 5.74) is 3.82. The molecule has 0 aliphatic heterocycles. The Balaban J connectivity index is 1.76. The van der Waals surface area contributed by atoms with Gasteiger partial charge < -0.3 is 14.2 Å². The molecule has 8 heteroatoms. The molecule has 0 heterocycles. The van der Waals surface area contributed by atoms with Gasteiger partial charge in [-0.3, -0.25) is 4.79 Å². The van der Waals surface area contributed by atoms with Crippen LogP contribution in [-0.2, 0) is 0 Å². The molecule has 3 rings (SSSR count). The number of esters is 1. The van der Waals surface area contributed by atoms with Gasteiger partial charge in [0.25, 0.3) is 5.91 Å². The van der Waals surface area contributed by atoms with Crippen molar-refractivity contribution >= 4 is 29.7 Å². The van der Waals surface area contributed by atoms with Gasteiger partial charge in [-0.15, -0.1) is 0 Å². The molecular weight excluding hydrogens is 432 g/mol. The number of ether oxygens (including phenoxy) is 3. The summed E-state index contributed by atoms with van der Waals surface area (Å²) >= 11 is 6.36. The highest BCUT2D eigenvalue weighted by atomic mass is 35.5. The molecule has 0 radical (unpaired) electrons. The molecule has 0 aliphatic carbocycles. The van der Waals surface area contributed by atoms with Crippen molar-refractivity contribution in [2.75, 3.05) is 13.7 Å². The molecule has 7 nitrogen and oxygen atoms in total. The molecule has 0 saturated heterocycles. The summed E-state index contributed by atoms with van der Waals surface area (Å²) in [6.07, 6.45) is 1.42. The van der Waals surface area contributed by atoms with Gasteiger partial charge in [-0.1, -0.05) is 29.8 Å². The summed E-state index contributed by atoms with van der Waals surface area (Å²) < 4.78 is 16.2. The fourth-order valence-electron chi connectivity index (χ4n) is 2.72. The standard InChI is InChI=1S/C24H21ClN2O5/c1-3-31-21-14-16(15-26-27-23(28)17-7-5-4-6-8-17)13-20(25)22(21)32-24(29)18-9-11-19(30-2)12-10-18/h4-15H,3H2,1-2H3,(H,27,28)/b26-15-. The van der Waals surface area contributed by atoms with Crippen LogP contribution in [0.3, 0.4) is 0 Å². The summed E-state index contributed by atoms with van der Waals surface area (Å²) in [6.45, 7) is 2.12. The van der Waals surface area contributed by atoms with Gasteiger partial charge in [0.2, 0.25) is 0 Å². The zero-order valence-electron chi connectivity index (χ0n) is 17.5. The SMILES string of the molecule is CCOc1cc(/C=N\NC(=O)c2ccccc2)cc(Cl)c1OC(=O)c1ccc(OC)cc1. The van der Waals surface area contributed by atoms with Gasteiger partial charge in [0, 0.05) is 5.56 Å². The predicted molar refractivity (Wildman–Crippen MR) is 122 cm³/mol. The van der Waals surface area contributed by atoms with Crippen LogP contribution in [-0.4, -0.2) is 31.8 Å². The Labute approximate surface area is 190 Å². The molecule has 0 unspecified atom stereocenters. The Morgan fingerprint density at radius 2 is 1.75 bits per heavy atom. The molecule has 164 valence electrons. The van der Waals surface area contributed by atoms with Gasteiger partial charge in [0.1, 0.15) is 5.75 Å². The van der Waals surface area contributed by atoms with Crippen LogP contribution in [0.25, 0.3) is 0 Å². The van der Waals surface area contributed by atoms with E-state index in [9.17, 15) is 9.59 Å². The van der Waals surface area contributed by atoms with E-state index in [0.29, 0.717) is 29.0 Å². The van der Waals surface area contributed by atoms with Crippen molar-refractivity contribution in [2.45, 2.75) is 6.92 Å². The van der Waals surface area contributed by atoms with Crippen molar-refractivity contribution in [3.8, 4) is 17.2 Å². The fraction of sp³-hybridized carbons (Fsp3) is 0.125. The zero-order chi connectivity index (χ0) is 22.9. The molecule has 0 aliphatic rings. The third kappa shape index (κ3) is 5.86. The van der Waals surface area contributed by atoms with Crippen molar-refractivity contribution in [1.29, 1.82) is 0 Å². The van der Waals surface area contributed by atoms with Crippen LogP contribution in [0.1, 0.15) is 33.2 Å². The van der Waals surface area contributed by atoms with Crippen LogP contribution in [0.15, 0.2) is 71.8 Å². The molecule has 0 spiro atoms. The number of amides is 1. The number of carbonyl (C=O) groups is 2. The van der Waals surface area contributed by atoms with Crippen molar-refractivity contribution < 1.29 is 23.8 Å². The van der Waals surface area contributed by atoms with E-state index in [1.54, 1.807) is 74.7 Å². The van der Waals surface area contributed by atoms with E-state index >= 15 is 0 Å². The summed E-state index contributed by atoms with van der Waals surface area (Å²) in [7, 11) is 1.54. The number of hydrogen-bond donors (Lipinski definition) is 1. The first kappa shape index (κ1) is 22.8. The minimum Gasteiger partial charge on any atom is -0.497 e. The lowest BCUT2D eigenvalue weighted by Crippen LogP contribution is -2.17. The van der Waals surface area contributed by atoms with Crippen LogP contribution in [0.2, 0.25) is 5.02 Å². The first-order valence-corrected chi connectivity index (χ1v) is 10.1. The Hall–Kier alpha value is -3.84. The molecule has 1 N–H and O–H groups in total. The van der Waals surface area contributed by atoms with Gasteiger partial charge in [0.05, 0.1) is 30.5 Å². The minimum absolute atomic E-state index is 0.0970. The molecule has 0 saturated carbocycles. The molecule has 1 amide bonds. The third-order valence-electron chi connectivity index (χ3n) is 4.27. The third-order valence-corrected chi connectivity index (χ3v) is 4.55. The van der Waals surface area contributed by atoms with Crippen LogP contribution in [0, 0.1) is 0 Å². The van der Waals surface area contributed by atoms with Crippen molar-refractivity contribution in [3.05, 3.63) is 88.4 Å². The maximum atomic E-state index is 12.5. The smallest absolute Gasteiger partial charge is 0.343 e. The van der Waals surface area contributed by atoms with Gasteiger partial charge in [-0.25, -0.2) is 10.2 Å². The number of hydrogen-bond acceptors (Lipinski definition) is 6. The lowest BCUT2D eigenvalue weighted by Gasteiger charge is -2.13. The van der Waals surface area contributed by atoms with E-state index in [1.165, 1.54) is 6.21 Å². The predicted octanol–water partition coefficient (Wildman–Crippen LogP) is 4.73. The number of nitrogens with one attached hydrogen (secondary N) is 1. The first-order chi connectivity index (χ1) is 15.5. The number of halogens is 1. The van der Waals surface area contributed by atoms with Gasteiger partial charge in [0.15, 0.2) is 11.5 Å². The number of hydrazone groups is 1. The normalized spacial score (nSPS) is 10.6. The number of benzene rings is 3. The molecule has 3 aromatic carbocycles. The Bertz CT molecular complexity index is 1120. The Kier molecular flexibility index (Phi) is 7.83. The number of methoxy groups -OCH3 is 1. The second kappa shape index (κ2) is 11.0. The summed E-state index contributed by atoms with van der Waals surface area (Å²) in [6, 6.07) is 18.4. The summed E-state index contributed by atoms with van der Waals surface area (Å²) in [5, 5.41) is 4.12. The molecular formula is C24H21ClN2O5. The maximum Gasteiger partial charge on any atom is 0.343 e. The second-order valence-electron chi connectivity index (χ2n) is 6.45. The Morgan fingerprint density at radius 1 is 1.03 bits per heavy atom. The minimum atomic E-state index is -0.591. The largest absolute Gasteiger partial charge is 0.497 e. The molecule has 0 aromatic heterocycles. The molecule has 0 atom stereocenters. The zero-order valence-corrected chi connectivity index (χ0v) is 18.3. The number of carbonyl (C=O) groups excluding carboxylic acids is 2. The van der Waals surface area contributed by atoms with E-state index in [0.717, 1.165) is 0 Å². The average Bonchev–Trinajstić information content (AvgIpc) is 2.82. The molecule has 3 aromatic rings. The Morgan fingerprint density at radius 3 is 2.41 bits per heavy atom. The lowest BCUT2D eigenvalue weighted by molar-refractivity contribution is 0.0728. The van der Waals surface area contributed by atoms with Crippen LogP contribution in [0.5, 0.6) is 17.2 Å². The second-order valence-corrected chi connectivity index (χ2v) is 6.85. The van der Waals surface area contributed by atoms with E-state index < -0.39 is 5.97 Å². The van der Waals surface area contributed by atoms with E-state index in [4.69, 9.17) is 25.8 Å². The maximum absolute atomic E-state index is 12.5. The summed E-state index contributed by atoms with van der Waals surface area (Å²) in [4.78, 5) is 24.6.